The quantitative estimate of drug-likeness (QED) is 0.742. The molecule has 1 N–H and O–H groups in total. The summed E-state index contributed by atoms with van der Waals surface area (Å²) >= 11 is 0. The number of carbonyl (C=O) groups excluding carboxylic acids is 1. The van der Waals surface area contributed by atoms with Gasteiger partial charge in [-0.1, -0.05) is 30.3 Å². The van der Waals surface area contributed by atoms with E-state index in [0.717, 1.165) is 31.6 Å². The molecule has 1 amide bonds. The zero-order chi connectivity index (χ0) is 18.6. The molecule has 0 saturated carbocycles. The number of rotatable bonds is 5. The third-order valence-electron chi connectivity index (χ3n) is 4.82. The maximum atomic E-state index is 13.0. The number of carbonyl (C=O) groups is 1. The summed E-state index contributed by atoms with van der Waals surface area (Å²) in [6, 6.07) is 19.8. The molecular weight excluding hydrogens is 343 g/mol. The number of hydrogen-bond donors (Lipinski definition) is 1. The van der Waals surface area contributed by atoms with Crippen molar-refractivity contribution >= 4 is 5.91 Å². The van der Waals surface area contributed by atoms with Crippen molar-refractivity contribution in [2.75, 3.05) is 13.1 Å². The fraction of sp³-hybridized carbons (Fsp3) is 0.227. The molecule has 27 heavy (non-hydrogen) atoms. The molecule has 1 aliphatic rings. The predicted molar refractivity (Wildman–Crippen MR) is 102 cm³/mol. The average Bonchev–Trinajstić information content (AvgIpc) is 3.33. The molecule has 1 unspecified atom stereocenters. The SMILES string of the molecule is O=C(NC1CCN(Cc2ccccc2)C1)c1ccc(-c2ccc(F)cc2)o1. The largest absolute Gasteiger partial charge is 0.451 e. The van der Waals surface area contributed by atoms with Gasteiger partial charge < -0.3 is 9.73 Å². The van der Waals surface area contributed by atoms with E-state index in [0.29, 0.717) is 5.76 Å². The van der Waals surface area contributed by atoms with Crippen LogP contribution < -0.4 is 5.32 Å². The van der Waals surface area contributed by atoms with Gasteiger partial charge in [0.15, 0.2) is 5.76 Å². The molecule has 0 aliphatic carbocycles. The molecule has 2 aromatic carbocycles. The Kier molecular flexibility index (Phi) is 5.03. The summed E-state index contributed by atoms with van der Waals surface area (Å²) in [5.41, 5.74) is 2.02. The second-order valence-corrected chi connectivity index (χ2v) is 6.85. The molecule has 5 heteroatoms. The number of hydrogen-bond acceptors (Lipinski definition) is 3. The van der Waals surface area contributed by atoms with E-state index in [4.69, 9.17) is 4.42 Å². The van der Waals surface area contributed by atoms with E-state index in [2.05, 4.69) is 22.3 Å². The van der Waals surface area contributed by atoms with E-state index in [1.54, 1.807) is 24.3 Å². The second kappa shape index (κ2) is 7.76. The van der Waals surface area contributed by atoms with Crippen LogP contribution in [0.4, 0.5) is 4.39 Å². The number of nitrogens with zero attached hydrogens (tertiary/aromatic N) is 1. The standard InChI is InChI=1S/C22H21FN2O2/c23-18-8-6-17(7-9-18)20-10-11-21(27-20)22(26)24-19-12-13-25(15-19)14-16-4-2-1-3-5-16/h1-11,19H,12-15H2,(H,24,26). The minimum atomic E-state index is -0.301. The average molecular weight is 364 g/mol. The van der Waals surface area contributed by atoms with Crippen LogP contribution in [0.15, 0.2) is 71.1 Å². The Bertz CT molecular complexity index is 906. The number of nitrogens with one attached hydrogen (secondary N) is 1. The predicted octanol–water partition coefficient (Wildman–Crippen LogP) is 4.09. The molecule has 1 aromatic heterocycles. The first-order chi connectivity index (χ1) is 13.2. The number of amides is 1. The summed E-state index contributed by atoms with van der Waals surface area (Å²) in [4.78, 5) is 14.8. The maximum absolute atomic E-state index is 13.0. The summed E-state index contributed by atoms with van der Waals surface area (Å²) < 4.78 is 18.7. The van der Waals surface area contributed by atoms with Gasteiger partial charge in [0.25, 0.3) is 5.91 Å². The molecule has 1 aliphatic heterocycles. The highest BCUT2D eigenvalue weighted by Gasteiger charge is 2.25. The third-order valence-corrected chi connectivity index (χ3v) is 4.82. The Balaban J connectivity index is 1.34. The van der Waals surface area contributed by atoms with Crippen molar-refractivity contribution < 1.29 is 13.6 Å². The Morgan fingerprint density at radius 1 is 1.07 bits per heavy atom. The smallest absolute Gasteiger partial charge is 0.287 e. The van der Waals surface area contributed by atoms with Crippen LogP contribution in [0.5, 0.6) is 0 Å². The topological polar surface area (TPSA) is 45.5 Å². The summed E-state index contributed by atoms with van der Waals surface area (Å²) in [6.07, 6.45) is 0.921. The van der Waals surface area contributed by atoms with Crippen LogP contribution in [-0.4, -0.2) is 29.9 Å². The Labute approximate surface area is 157 Å². The summed E-state index contributed by atoms with van der Waals surface area (Å²) in [6.45, 7) is 2.67. The first kappa shape index (κ1) is 17.5. The summed E-state index contributed by atoms with van der Waals surface area (Å²) in [5, 5.41) is 3.05. The van der Waals surface area contributed by atoms with Crippen LogP contribution in [0.1, 0.15) is 22.5 Å². The highest BCUT2D eigenvalue weighted by atomic mass is 19.1. The number of furan rings is 1. The Hall–Kier alpha value is -2.92. The molecule has 138 valence electrons. The lowest BCUT2D eigenvalue weighted by molar-refractivity contribution is 0.0910. The van der Waals surface area contributed by atoms with Gasteiger partial charge in [0.1, 0.15) is 11.6 Å². The van der Waals surface area contributed by atoms with Crippen LogP contribution in [0.2, 0.25) is 0 Å². The van der Waals surface area contributed by atoms with Gasteiger partial charge in [-0.3, -0.25) is 9.69 Å². The third kappa shape index (κ3) is 4.26. The first-order valence-electron chi connectivity index (χ1n) is 9.10. The van der Waals surface area contributed by atoms with Crippen LogP contribution in [0.25, 0.3) is 11.3 Å². The van der Waals surface area contributed by atoms with Crippen LogP contribution in [0, 0.1) is 5.82 Å². The van der Waals surface area contributed by atoms with E-state index in [1.807, 2.05) is 18.2 Å². The monoisotopic (exact) mass is 364 g/mol. The molecular formula is C22H21FN2O2. The van der Waals surface area contributed by atoms with Crippen molar-refractivity contribution in [3.05, 3.63) is 83.9 Å². The lowest BCUT2D eigenvalue weighted by atomic mass is 10.2. The molecule has 4 rings (SSSR count). The van der Waals surface area contributed by atoms with Crippen molar-refractivity contribution in [3.8, 4) is 11.3 Å². The Morgan fingerprint density at radius 2 is 1.85 bits per heavy atom. The highest BCUT2D eigenvalue weighted by Crippen LogP contribution is 2.23. The highest BCUT2D eigenvalue weighted by molar-refractivity contribution is 5.92. The lowest BCUT2D eigenvalue weighted by Crippen LogP contribution is -2.36. The molecule has 1 fully saturated rings. The summed E-state index contributed by atoms with van der Waals surface area (Å²) in [7, 11) is 0. The maximum Gasteiger partial charge on any atom is 0.287 e. The minimum absolute atomic E-state index is 0.112. The van der Waals surface area contributed by atoms with Gasteiger partial charge in [-0.05, 0) is 48.4 Å². The van der Waals surface area contributed by atoms with E-state index in [1.165, 1.54) is 17.7 Å². The number of halogens is 1. The van der Waals surface area contributed by atoms with Gasteiger partial charge in [-0.25, -0.2) is 4.39 Å². The normalized spacial score (nSPS) is 17.1. The van der Waals surface area contributed by atoms with E-state index < -0.39 is 0 Å². The molecule has 1 saturated heterocycles. The fourth-order valence-electron chi connectivity index (χ4n) is 3.42. The van der Waals surface area contributed by atoms with Gasteiger partial charge in [0.2, 0.25) is 0 Å². The molecule has 4 nitrogen and oxygen atoms in total. The summed E-state index contributed by atoms with van der Waals surface area (Å²) in [5.74, 6) is 0.313. The zero-order valence-electron chi connectivity index (χ0n) is 14.9. The Morgan fingerprint density at radius 3 is 2.63 bits per heavy atom. The van der Waals surface area contributed by atoms with Crippen LogP contribution >= 0.6 is 0 Å². The van der Waals surface area contributed by atoms with Crippen molar-refractivity contribution in [3.63, 3.8) is 0 Å². The van der Waals surface area contributed by atoms with Crippen LogP contribution in [-0.2, 0) is 6.54 Å². The van der Waals surface area contributed by atoms with Crippen molar-refractivity contribution in [2.45, 2.75) is 19.0 Å². The van der Waals surface area contributed by atoms with E-state index >= 15 is 0 Å². The molecule has 0 spiro atoms. The van der Waals surface area contributed by atoms with Gasteiger partial charge in [-0.15, -0.1) is 0 Å². The molecule has 3 aromatic rings. The number of benzene rings is 2. The zero-order valence-corrected chi connectivity index (χ0v) is 14.9. The number of likely N-dealkylation sites (tertiary alicyclic amines) is 1. The van der Waals surface area contributed by atoms with Gasteiger partial charge in [0, 0.05) is 31.2 Å². The van der Waals surface area contributed by atoms with Gasteiger partial charge in [0.05, 0.1) is 0 Å². The first-order valence-corrected chi connectivity index (χ1v) is 9.10. The van der Waals surface area contributed by atoms with Crippen molar-refractivity contribution in [1.29, 1.82) is 0 Å². The molecule has 1 atom stereocenters. The van der Waals surface area contributed by atoms with Gasteiger partial charge in [-0.2, -0.15) is 0 Å². The van der Waals surface area contributed by atoms with Crippen LogP contribution in [0.3, 0.4) is 0 Å². The van der Waals surface area contributed by atoms with E-state index in [-0.39, 0.29) is 23.5 Å². The second-order valence-electron chi connectivity index (χ2n) is 6.85. The molecule has 2 heterocycles. The van der Waals surface area contributed by atoms with Gasteiger partial charge >= 0.3 is 0 Å². The van der Waals surface area contributed by atoms with Crippen molar-refractivity contribution in [1.82, 2.24) is 10.2 Å². The lowest BCUT2D eigenvalue weighted by Gasteiger charge is -2.16. The van der Waals surface area contributed by atoms with Crippen molar-refractivity contribution in [2.24, 2.45) is 0 Å². The molecule has 0 radical (unpaired) electrons. The molecule has 0 bridgehead atoms. The fourth-order valence-corrected chi connectivity index (χ4v) is 3.42. The van der Waals surface area contributed by atoms with E-state index in [9.17, 15) is 9.18 Å². The minimum Gasteiger partial charge on any atom is -0.451 e.